The number of amides is 2. The van der Waals surface area contributed by atoms with E-state index < -0.39 is 17.0 Å². The third-order valence-electron chi connectivity index (χ3n) is 3.29. The second-order valence-electron chi connectivity index (χ2n) is 4.92. The highest BCUT2D eigenvalue weighted by atomic mass is 35.5. The lowest BCUT2D eigenvalue weighted by Crippen LogP contribution is -2.28. The van der Waals surface area contributed by atoms with Crippen molar-refractivity contribution < 1.29 is 14.0 Å². The molecule has 0 unspecified atom stereocenters. The van der Waals surface area contributed by atoms with Crippen molar-refractivity contribution in [2.45, 2.75) is 13.5 Å². The molecule has 1 aromatic carbocycles. The summed E-state index contributed by atoms with van der Waals surface area (Å²) in [7, 11) is 0. The predicted octanol–water partition coefficient (Wildman–Crippen LogP) is 5.09. The summed E-state index contributed by atoms with van der Waals surface area (Å²) in [6, 6.07) is 8.10. The molecule has 2 heterocycles. The number of imide groups is 1. The van der Waals surface area contributed by atoms with Crippen molar-refractivity contribution in [3.05, 3.63) is 61.4 Å². The molecule has 7 heteroatoms. The molecule has 0 saturated carbocycles. The van der Waals surface area contributed by atoms with Crippen LogP contribution in [0.1, 0.15) is 15.3 Å². The summed E-state index contributed by atoms with van der Waals surface area (Å²) in [5, 5.41) is -0.226. The van der Waals surface area contributed by atoms with Gasteiger partial charge in [-0.2, -0.15) is 0 Å². The van der Waals surface area contributed by atoms with Crippen LogP contribution in [0.3, 0.4) is 0 Å². The Morgan fingerprint density at radius 1 is 1.26 bits per heavy atom. The second kappa shape index (κ2) is 6.47. The Morgan fingerprint density at radius 2 is 2.04 bits per heavy atom. The van der Waals surface area contributed by atoms with Crippen LogP contribution >= 0.6 is 34.7 Å². The van der Waals surface area contributed by atoms with Crippen LogP contribution in [0.5, 0.6) is 0 Å². The van der Waals surface area contributed by atoms with E-state index in [1.54, 1.807) is 6.08 Å². The molecule has 3 rings (SSSR count). The number of rotatable bonds is 3. The maximum absolute atomic E-state index is 13.9. The molecular weight excluding hydrogens is 357 g/mol. The summed E-state index contributed by atoms with van der Waals surface area (Å²) < 4.78 is 13.9. The smallest absolute Gasteiger partial charge is 0.268 e. The van der Waals surface area contributed by atoms with Crippen LogP contribution in [0.4, 0.5) is 9.18 Å². The van der Waals surface area contributed by atoms with Gasteiger partial charge in [0.25, 0.3) is 11.1 Å². The quantitative estimate of drug-likeness (QED) is 0.709. The van der Waals surface area contributed by atoms with Crippen LogP contribution in [0.2, 0.25) is 5.02 Å². The lowest BCUT2D eigenvalue weighted by atomic mass is 10.2. The number of carbonyl (C=O) groups excluding carboxylic acids is 2. The normalized spacial score (nSPS) is 16.7. The molecule has 0 N–H and O–H groups in total. The second-order valence-corrected chi connectivity index (χ2v) is 7.64. The fourth-order valence-corrected chi connectivity index (χ4v) is 4.09. The van der Waals surface area contributed by atoms with Crippen molar-refractivity contribution >= 4 is 51.9 Å². The number of nitrogens with zero attached hydrogens (tertiary/aromatic N) is 1. The summed E-state index contributed by atoms with van der Waals surface area (Å²) in [5.74, 6) is -0.959. The molecule has 0 spiro atoms. The largest absolute Gasteiger partial charge is 0.293 e. The Morgan fingerprint density at radius 3 is 2.70 bits per heavy atom. The summed E-state index contributed by atoms with van der Waals surface area (Å²) in [6.45, 7) is 1.80. The first-order valence-electron chi connectivity index (χ1n) is 6.70. The molecule has 118 valence electrons. The lowest BCUT2D eigenvalue weighted by molar-refractivity contribution is -0.123. The van der Waals surface area contributed by atoms with Gasteiger partial charge in [-0.15, -0.1) is 11.3 Å². The molecule has 0 radical (unpaired) electrons. The van der Waals surface area contributed by atoms with Gasteiger partial charge in [0.15, 0.2) is 0 Å². The maximum atomic E-state index is 13.9. The number of carbonyl (C=O) groups is 2. The molecule has 0 atom stereocenters. The minimum Gasteiger partial charge on any atom is -0.268 e. The average Bonchev–Trinajstić information content (AvgIpc) is 3.01. The van der Waals surface area contributed by atoms with E-state index in [-0.39, 0.29) is 17.1 Å². The molecule has 3 nitrogen and oxygen atoms in total. The van der Waals surface area contributed by atoms with Crippen LogP contribution in [0.25, 0.3) is 6.08 Å². The monoisotopic (exact) mass is 367 g/mol. The number of halogens is 2. The number of hydrogen-bond donors (Lipinski definition) is 0. The van der Waals surface area contributed by atoms with Gasteiger partial charge in [0.1, 0.15) is 5.82 Å². The summed E-state index contributed by atoms with van der Waals surface area (Å²) in [4.78, 5) is 27.9. The van der Waals surface area contributed by atoms with Crippen molar-refractivity contribution in [2.75, 3.05) is 0 Å². The Kier molecular flexibility index (Phi) is 4.57. The lowest BCUT2D eigenvalue weighted by Gasteiger charge is -2.14. The Hall–Kier alpha value is -1.63. The van der Waals surface area contributed by atoms with E-state index in [1.807, 2.05) is 19.1 Å². The van der Waals surface area contributed by atoms with Crippen LogP contribution in [0.15, 0.2) is 35.2 Å². The molecule has 2 amide bonds. The minimum absolute atomic E-state index is 0.143. The topological polar surface area (TPSA) is 37.4 Å². The van der Waals surface area contributed by atoms with Crippen molar-refractivity contribution in [1.82, 2.24) is 4.90 Å². The van der Waals surface area contributed by atoms with E-state index in [2.05, 4.69) is 0 Å². The first-order valence-corrected chi connectivity index (χ1v) is 8.71. The molecule has 23 heavy (non-hydrogen) atoms. The maximum Gasteiger partial charge on any atom is 0.293 e. The summed E-state index contributed by atoms with van der Waals surface area (Å²) >= 11 is 8.35. The van der Waals surface area contributed by atoms with Gasteiger partial charge in [-0.25, -0.2) is 4.39 Å². The van der Waals surface area contributed by atoms with E-state index in [0.717, 1.165) is 26.4 Å². The highest BCUT2D eigenvalue weighted by Crippen LogP contribution is 2.35. The zero-order valence-electron chi connectivity index (χ0n) is 12.0. The van der Waals surface area contributed by atoms with Gasteiger partial charge in [0.2, 0.25) is 0 Å². The molecule has 0 aliphatic carbocycles. The van der Waals surface area contributed by atoms with Crippen molar-refractivity contribution in [1.29, 1.82) is 0 Å². The van der Waals surface area contributed by atoms with Crippen molar-refractivity contribution in [3.8, 4) is 0 Å². The Labute approximate surface area is 145 Å². The molecule has 1 aromatic heterocycles. The fraction of sp³-hybridized carbons (Fsp3) is 0.125. The van der Waals surface area contributed by atoms with Gasteiger partial charge in [0, 0.05) is 20.3 Å². The van der Waals surface area contributed by atoms with Crippen LogP contribution in [-0.4, -0.2) is 16.0 Å². The number of thioether (sulfide) groups is 1. The Balaban J connectivity index is 1.86. The van der Waals surface area contributed by atoms with Crippen LogP contribution in [-0.2, 0) is 11.3 Å². The highest BCUT2D eigenvalue weighted by molar-refractivity contribution is 8.18. The van der Waals surface area contributed by atoms with Gasteiger partial charge in [-0.1, -0.05) is 17.7 Å². The molecule has 1 saturated heterocycles. The molecule has 2 aromatic rings. The summed E-state index contributed by atoms with van der Waals surface area (Å²) in [5.41, 5.74) is 0.143. The van der Waals surface area contributed by atoms with E-state index in [1.165, 1.54) is 29.5 Å². The average molecular weight is 368 g/mol. The fourth-order valence-electron chi connectivity index (χ4n) is 2.14. The van der Waals surface area contributed by atoms with E-state index in [4.69, 9.17) is 11.6 Å². The van der Waals surface area contributed by atoms with Gasteiger partial charge >= 0.3 is 0 Å². The molecule has 1 aliphatic heterocycles. The van der Waals surface area contributed by atoms with E-state index >= 15 is 0 Å². The van der Waals surface area contributed by atoms with Gasteiger partial charge < -0.3 is 0 Å². The zero-order valence-corrected chi connectivity index (χ0v) is 14.4. The number of benzene rings is 1. The van der Waals surface area contributed by atoms with Gasteiger partial charge in [0.05, 0.1) is 11.4 Å². The first-order chi connectivity index (χ1) is 11.0. The third-order valence-corrected chi connectivity index (χ3v) is 5.50. The van der Waals surface area contributed by atoms with Crippen LogP contribution < -0.4 is 0 Å². The van der Waals surface area contributed by atoms with Crippen LogP contribution in [0, 0.1) is 12.7 Å². The third kappa shape index (κ3) is 3.34. The number of aryl methyl sites for hydroxylation is 1. The molecule has 1 aliphatic rings. The van der Waals surface area contributed by atoms with Gasteiger partial charge in [-0.3, -0.25) is 14.5 Å². The van der Waals surface area contributed by atoms with E-state index in [9.17, 15) is 14.0 Å². The van der Waals surface area contributed by atoms with E-state index in [0.29, 0.717) is 4.91 Å². The molecule has 0 bridgehead atoms. The van der Waals surface area contributed by atoms with Gasteiger partial charge in [-0.05, 0) is 49.0 Å². The number of thiophene rings is 1. The number of hydrogen-bond acceptors (Lipinski definition) is 4. The SMILES string of the molecule is Cc1ccc(/C=C2/SC(=O)N(Cc3c(F)cccc3Cl)C2=O)s1. The molecule has 1 fully saturated rings. The minimum atomic E-state index is -0.533. The summed E-state index contributed by atoms with van der Waals surface area (Å²) in [6.07, 6.45) is 1.69. The first kappa shape index (κ1) is 16.2. The van der Waals surface area contributed by atoms with Crippen molar-refractivity contribution in [3.63, 3.8) is 0 Å². The molecular formula is C16H11ClFNO2S2. The predicted molar refractivity (Wildman–Crippen MR) is 92.0 cm³/mol. The van der Waals surface area contributed by atoms with Crippen molar-refractivity contribution in [2.24, 2.45) is 0 Å². The Bertz CT molecular complexity index is 811. The zero-order chi connectivity index (χ0) is 16.6. The highest BCUT2D eigenvalue weighted by Gasteiger charge is 2.35. The standard InChI is InChI=1S/C16H11ClFNO2S2/c1-9-5-6-10(22-9)7-14-15(20)19(16(21)23-14)8-11-12(17)3-2-4-13(11)18/h2-7H,8H2,1H3/b14-7+.